The molecule has 0 aliphatic carbocycles. The van der Waals surface area contributed by atoms with Crippen LogP contribution in [0.3, 0.4) is 0 Å². The minimum atomic E-state index is -0.697. The number of rotatable bonds is 7. The van der Waals surface area contributed by atoms with Gasteiger partial charge in [0, 0.05) is 42.8 Å². The topological polar surface area (TPSA) is 93.0 Å². The van der Waals surface area contributed by atoms with Gasteiger partial charge in [-0.25, -0.2) is 4.39 Å². The molecule has 3 rings (SSSR count). The molecule has 0 unspecified atom stereocenters. The van der Waals surface area contributed by atoms with Crippen LogP contribution in [0.4, 0.5) is 10.1 Å². The molecule has 1 saturated heterocycles. The molecule has 0 spiro atoms. The highest BCUT2D eigenvalue weighted by atomic mass is 35.5. The summed E-state index contributed by atoms with van der Waals surface area (Å²) in [6, 6.07) is 8.60. The lowest BCUT2D eigenvalue weighted by molar-refractivity contribution is -0.385. The molecule has 2 aromatic rings. The van der Waals surface area contributed by atoms with Crippen LogP contribution >= 0.6 is 11.6 Å². The minimum Gasteiger partial charge on any atom is -0.476 e. The van der Waals surface area contributed by atoms with Crippen molar-refractivity contribution >= 4 is 29.0 Å². The number of hydrogen-bond donors (Lipinski definition) is 0. The van der Waals surface area contributed by atoms with Gasteiger partial charge >= 0.3 is 5.69 Å². The molecular formula is C23H25ClFN3O5. The van der Waals surface area contributed by atoms with Gasteiger partial charge in [0.05, 0.1) is 10.5 Å². The number of ether oxygens (including phenoxy) is 1. The van der Waals surface area contributed by atoms with Crippen molar-refractivity contribution in [2.24, 2.45) is 0 Å². The van der Waals surface area contributed by atoms with E-state index < -0.39 is 23.0 Å². The molecular weight excluding hydrogens is 453 g/mol. The molecule has 33 heavy (non-hydrogen) atoms. The third kappa shape index (κ3) is 5.85. The molecule has 0 aromatic heterocycles. The van der Waals surface area contributed by atoms with E-state index in [2.05, 4.69) is 4.90 Å². The van der Waals surface area contributed by atoms with Gasteiger partial charge in [0.15, 0.2) is 12.4 Å². The minimum absolute atomic E-state index is 0.0327. The molecule has 1 amide bonds. The van der Waals surface area contributed by atoms with Crippen LogP contribution in [-0.2, 0) is 11.3 Å². The van der Waals surface area contributed by atoms with E-state index in [0.717, 1.165) is 11.6 Å². The Balaban J connectivity index is 1.69. The molecule has 1 aliphatic heterocycles. The summed E-state index contributed by atoms with van der Waals surface area (Å²) < 4.78 is 18.7. The summed E-state index contributed by atoms with van der Waals surface area (Å²) in [6.45, 7) is 6.37. The smallest absolute Gasteiger partial charge is 0.313 e. The quantitative estimate of drug-likeness (QED) is 0.339. The van der Waals surface area contributed by atoms with Crippen LogP contribution < -0.4 is 4.74 Å². The van der Waals surface area contributed by atoms with Crippen LogP contribution in [0, 0.1) is 15.9 Å². The lowest BCUT2D eigenvalue weighted by Gasteiger charge is -2.44. The number of nitrogens with zero attached hydrogens (tertiary/aromatic N) is 3. The number of nitro groups is 1. The maximum absolute atomic E-state index is 13.2. The van der Waals surface area contributed by atoms with Gasteiger partial charge in [0.2, 0.25) is 5.75 Å². The van der Waals surface area contributed by atoms with Crippen molar-refractivity contribution < 1.29 is 23.6 Å². The number of amides is 1. The van der Waals surface area contributed by atoms with Crippen LogP contribution in [-0.4, -0.2) is 58.2 Å². The Morgan fingerprint density at radius 3 is 2.45 bits per heavy atom. The number of benzene rings is 2. The second-order valence-electron chi connectivity index (χ2n) is 8.20. The van der Waals surface area contributed by atoms with Crippen LogP contribution in [0.5, 0.6) is 5.75 Å². The normalized spacial score (nSPS) is 18.8. The lowest BCUT2D eigenvalue weighted by Crippen LogP contribution is -2.58. The molecule has 176 valence electrons. The Hall–Kier alpha value is -3.04. The largest absolute Gasteiger partial charge is 0.476 e. The fourth-order valence-electron chi connectivity index (χ4n) is 3.94. The van der Waals surface area contributed by atoms with Gasteiger partial charge in [0.25, 0.3) is 5.91 Å². The first kappa shape index (κ1) is 24.6. The first-order valence-electron chi connectivity index (χ1n) is 10.5. The molecule has 1 aliphatic rings. The molecule has 0 radical (unpaired) electrons. The molecule has 2 aromatic carbocycles. The Kier molecular flexibility index (Phi) is 7.65. The van der Waals surface area contributed by atoms with E-state index in [9.17, 15) is 24.1 Å². The van der Waals surface area contributed by atoms with Crippen molar-refractivity contribution in [3.05, 3.63) is 68.5 Å². The maximum atomic E-state index is 13.2. The number of carbonyl (C=O) groups is 2. The van der Waals surface area contributed by atoms with Crippen molar-refractivity contribution in [3.8, 4) is 5.75 Å². The van der Waals surface area contributed by atoms with Crippen LogP contribution in [0.15, 0.2) is 36.4 Å². The Labute approximate surface area is 196 Å². The first-order chi connectivity index (χ1) is 15.6. The number of hydrogen-bond acceptors (Lipinski definition) is 6. The number of carbonyl (C=O) groups excluding carboxylic acids is 2. The third-order valence-electron chi connectivity index (χ3n) is 5.68. The monoisotopic (exact) mass is 477 g/mol. The zero-order valence-electron chi connectivity index (χ0n) is 18.6. The Morgan fingerprint density at radius 2 is 1.85 bits per heavy atom. The second-order valence-corrected chi connectivity index (χ2v) is 8.64. The van der Waals surface area contributed by atoms with Gasteiger partial charge < -0.3 is 9.64 Å². The summed E-state index contributed by atoms with van der Waals surface area (Å²) in [4.78, 5) is 39.5. The van der Waals surface area contributed by atoms with E-state index in [-0.39, 0.29) is 40.1 Å². The fraction of sp³-hybridized carbons (Fsp3) is 0.391. The van der Waals surface area contributed by atoms with Gasteiger partial charge in [-0.15, -0.1) is 0 Å². The summed E-state index contributed by atoms with van der Waals surface area (Å²) in [7, 11) is 0. The van der Waals surface area contributed by atoms with E-state index >= 15 is 0 Å². The highest BCUT2D eigenvalue weighted by Gasteiger charge is 2.33. The zero-order chi connectivity index (χ0) is 24.3. The van der Waals surface area contributed by atoms with Crippen molar-refractivity contribution in [1.82, 2.24) is 9.80 Å². The summed E-state index contributed by atoms with van der Waals surface area (Å²) in [5.74, 6) is -1.35. The number of halogens is 2. The van der Waals surface area contributed by atoms with Crippen molar-refractivity contribution in [2.75, 3.05) is 19.7 Å². The van der Waals surface area contributed by atoms with Gasteiger partial charge in [0.1, 0.15) is 5.82 Å². The molecule has 1 fully saturated rings. The van der Waals surface area contributed by atoms with Crippen LogP contribution in [0.25, 0.3) is 0 Å². The molecule has 0 N–H and O–H groups in total. The van der Waals surface area contributed by atoms with Gasteiger partial charge in [-0.05, 0) is 44.5 Å². The van der Waals surface area contributed by atoms with E-state index in [1.165, 1.54) is 25.1 Å². The molecule has 1 heterocycles. The maximum Gasteiger partial charge on any atom is 0.313 e. The van der Waals surface area contributed by atoms with Gasteiger partial charge in [-0.3, -0.25) is 24.6 Å². The predicted molar refractivity (Wildman–Crippen MR) is 121 cm³/mol. The first-order valence-corrected chi connectivity index (χ1v) is 10.8. The number of Topliss-reactive ketones (excluding diaryl/α,β-unsaturated/α-hetero) is 1. The standard InChI is InChI=1S/C23H25ClFN3O5/c1-14-11-27(15(2)10-26(14)12-17-4-6-19(25)7-5-17)22(30)13-33-23-20(16(3)29)8-18(24)9-21(23)28(31)32/h4-9,14-15H,10-13H2,1-3H3/t14-,15+/m1/s1. The third-order valence-corrected chi connectivity index (χ3v) is 5.90. The summed E-state index contributed by atoms with van der Waals surface area (Å²) in [5, 5.41) is 11.5. The van der Waals surface area contributed by atoms with Crippen LogP contribution in [0.2, 0.25) is 5.02 Å². The second kappa shape index (κ2) is 10.3. The van der Waals surface area contributed by atoms with Gasteiger partial charge in [-0.2, -0.15) is 0 Å². The van der Waals surface area contributed by atoms with Crippen molar-refractivity contribution in [2.45, 2.75) is 39.4 Å². The average Bonchev–Trinajstić information content (AvgIpc) is 2.75. The van der Waals surface area contributed by atoms with Gasteiger partial charge in [-0.1, -0.05) is 23.7 Å². The molecule has 2 atom stereocenters. The summed E-state index contributed by atoms with van der Waals surface area (Å²) in [6.07, 6.45) is 0. The number of piperazine rings is 1. The zero-order valence-corrected chi connectivity index (χ0v) is 19.3. The SMILES string of the molecule is CC(=O)c1cc(Cl)cc([N+](=O)[O-])c1OCC(=O)N1C[C@@H](C)N(Cc2ccc(F)cc2)C[C@@H]1C. The molecule has 10 heteroatoms. The molecule has 0 bridgehead atoms. The molecule has 8 nitrogen and oxygen atoms in total. The van der Waals surface area contributed by atoms with Crippen LogP contribution in [0.1, 0.15) is 36.7 Å². The predicted octanol–water partition coefficient (Wildman–Crippen LogP) is 4.09. The van der Waals surface area contributed by atoms with Crippen molar-refractivity contribution in [3.63, 3.8) is 0 Å². The number of ketones is 1. The number of nitro benzene ring substituents is 1. The average molecular weight is 478 g/mol. The fourth-order valence-corrected chi connectivity index (χ4v) is 4.15. The lowest BCUT2D eigenvalue weighted by atomic mass is 10.1. The van der Waals surface area contributed by atoms with E-state index in [1.54, 1.807) is 17.0 Å². The Bertz CT molecular complexity index is 1030. The van der Waals surface area contributed by atoms with Crippen molar-refractivity contribution in [1.29, 1.82) is 0 Å². The van der Waals surface area contributed by atoms with E-state index in [1.807, 2.05) is 13.8 Å². The Morgan fingerprint density at radius 1 is 1.18 bits per heavy atom. The van der Waals surface area contributed by atoms with E-state index in [0.29, 0.717) is 19.6 Å². The summed E-state index contributed by atoms with van der Waals surface area (Å²) in [5.41, 5.74) is 0.462. The van der Waals surface area contributed by atoms with E-state index in [4.69, 9.17) is 16.3 Å². The highest BCUT2D eigenvalue weighted by Crippen LogP contribution is 2.35. The molecule has 0 saturated carbocycles. The highest BCUT2D eigenvalue weighted by molar-refractivity contribution is 6.31. The summed E-state index contributed by atoms with van der Waals surface area (Å²) >= 11 is 5.90.